The van der Waals surface area contributed by atoms with Crippen LogP contribution in [0.1, 0.15) is 13.3 Å². The van der Waals surface area contributed by atoms with Crippen molar-refractivity contribution in [2.24, 2.45) is 11.3 Å². The molecule has 24 heavy (non-hydrogen) atoms. The number of aliphatic hydroxyl groups is 1. The topological polar surface area (TPSA) is 99.1 Å². The minimum Gasteiger partial charge on any atom is -0.462 e. The first kappa shape index (κ1) is 21.6. The SMILES string of the molecule is C=CC(=O)OCC(COC(=O)C=C)(COC(=O)C=C)C(CC)CO. The maximum absolute atomic E-state index is 11.4. The van der Waals surface area contributed by atoms with Gasteiger partial charge in [0.25, 0.3) is 0 Å². The zero-order chi connectivity index (χ0) is 18.6. The molecule has 0 fully saturated rings. The monoisotopic (exact) mass is 340 g/mol. The van der Waals surface area contributed by atoms with E-state index in [-0.39, 0.29) is 26.4 Å². The van der Waals surface area contributed by atoms with Crippen LogP contribution in [-0.4, -0.2) is 49.4 Å². The zero-order valence-electron chi connectivity index (χ0n) is 13.9. The van der Waals surface area contributed by atoms with Crippen molar-refractivity contribution in [2.45, 2.75) is 13.3 Å². The maximum atomic E-state index is 11.4. The van der Waals surface area contributed by atoms with E-state index in [2.05, 4.69) is 19.7 Å². The molecule has 0 aromatic heterocycles. The summed E-state index contributed by atoms with van der Waals surface area (Å²) in [6, 6.07) is 0. The molecule has 0 saturated heterocycles. The third kappa shape index (κ3) is 6.78. The van der Waals surface area contributed by atoms with Crippen molar-refractivity contribution in [1.82, 2.24) is 0 Å². The zero-order valence-corrected chi connectivity index (χ0v) is 13.9. The van der Waals surface area contributed by atoms with Crippen molar-refractivity contribution in [3.8, 4) is 0 Å². The highest BCUT2D eigenvalue weighted by Gasteiger charge is 2.42. The number of ether oxygens (including phenoxy) is 3. The fourth-order valence-electron chi connectivity index (χ4n) is 2.06. The van der Waals surface area contributed by atoms with Gasteiger partial charge in [-0.25, -0.2) is 14.4 Å². The first-order valence-corrected chi connectivity index (χ1v) is 7.37. The Morgan fingerprint density at radius 2 is 1.25 bits per heavy atom. The summed E-state index contributed by atoms with van der Waals surface area (Å²) in [4.78, 5) is 34.2. The lowest BCUT2D eigenvalue weighted by molar-refractivity contribution is -0.163. The minimum absolute atomic E-state index is 0.230. The van der Waals surface area contributed by atoms with E-state index in [1.165, 1.54) is 0 Å². The molecule has 0 bridgehead atoms. The summed E-state index contributed by atoms with van der Waals surface area (Å²) in [5.41, 5.74) is -1.11. The highest BCUT2D eigenvalue weighted by Crippen LogP contribution is 2.32. The lowest BCUT2D eigenvalue weighted by Gasteiger charge is -2.37. The number of rotatable bonds is 12. The molecule has 0 rings (SSSR count). The van der Waals surface area contributed by atoms with Crippen LogP contribution in [0.5, 0.6) is 0 Å². The van der Waals surface area contributed by atoms with E-state index in [0.29, 0.717) is 6.42 Å². The molecule has 0 aliphatic carbocycles. The lowest BCUT2D eigenvalue weighted by atomic mass is 9.76. The molecule has 134 valence electrons. The number of esters is 3. The molecule has 0 aliphatic rings. The van der Waals surface area contributed by atoms with Crippen LogP contribution >= 0.6 is 0 Å². The molecule has 7 nitrogen and oxygen atoms in total. The van der Waals surface area contributed by atoms with E-state index < -0.39 is 29.2 Å². The number of carbonyl (C=O) groups excluding carboxylic acids is 3. The van der Waals surface area contributed by atoms with Crippen molar-refractivity contribution < 1.29 is 33.7 Å². The summed E-state index contributed by atoms with van der Waals surface area (Å²) < 4.78 is 15.2. The van der Waals surface area contributed by atoms with Crippen molar-refractivity contribution in [1.29, 1.82) is 0 Å². The summed E-state index contributed by atoms with van der Waals surface area (Å²) in [5.74, 6) is -2.50. The Morgan fingerprint density at radius 3 is 1.46 bits per heavy atom. The molecular weight excluding hydrogens is 316 g/mol. The average molecular weight is 340 g/mol. The summed E-state index contributed by atoms with van der Waals surface area (Å²) in [6.45, 7) is 10.7. The predicted molar refractivity (Wildman–Crippen MR) is 86.8 cm³/mol. The second-order valence-corrected chi connectivity index (χ2v) is 5.09. The molecule has 0 aromatic carbocycles. The van der Waals surface area contributed by atoms with Crippen LogP contribution in [-0.2, 0) is 28.6 Å². The third-order valence-corrected chi connectivity index (χ3v) is 3.58. The van der Waals surface area contributed by atoms with E-state index in [4.69, 9.17) is 14.2 Å². The fourth-order valence-corrected chi connectivity index (χ4v) is 2.06. The van der Waals surface area contributed by atoms with Crippen LogP contribution in [0.25, 0.3) is 0 Å². The van der Waals surface area contributed by atoms with Gasteiger partial charge < -0.3 is 19.3 Å². The second-order valence-electron chi connectivity index (χ2n) is 5.09. The summed E-state index contributed by atoms with van der Waals surface area (Å²) in [5, 5.41) is 9.65. The van der Waals surface area contributed by atoms with Gasteiger partial charge >= 0.3 is 17.9 Å². The minimum atomic E-state index is -1.11. The van der Waals surface area contributed by atoms with Crippen LogP contribution < -0.4 is 0 Å². The number of hydrogen-bond acceptors (Lipinski definition) is 7. The van der Waals surface area contributed by atoms with Gasteiger partial charge in [-0.15, -0.1) is 0 Å². The van der Waals surface area contributed by atoms with Gasteiger partial charge in [0.1, 0.15) is 19.8 Å². The average Bonchev–Trinajstić information content (AvgIpc) is 2.61. The molecule has 0 radical (unpaired) electrons. The van der Waals surface area contributed by atoms with Gasteiger partial charge in [0, 0.05) is 24.8 Å². The molecule has 0 heterocycles. The van der Waals surface area contributed by atoms with Crippen LogP contribution in [0, 0.1) is 11.3 Å². The van der Waals surface area contributed by atoms with Gasteiger partial charge in [0.2, 0.25) is 0 Å². The number of aliphatic hydroxyl groups excluding tert-OH is 1. The van der Waals surface area contributed by atoms with Gasteiger partial charge in [-0.1, -0.05) is 33.1 Å². The quantitative estimate of drug-likeness (QED) is 0.323. The summed E-state index contributed by atoms with van der Waals surface area (Å²) >= 11 is 0. The van der Waals surface area contributed by atoms with Crippen LogP contribution in [0.4, 0.5) is 0 Å². The van der Waals surface area contributed by atoms with E-state index >= 15 is 0 Å². The van der Waals surface area contributed by atoms with Gasteiger partial charge in [-0.05, 0) is 5.92 Å². The molecule has 1 unspecified atom stereocenters. The third-order valence-electron chi connectivity index (χ3n) is 3.58. The second kappa shape index (κ2) is 11.2. The molecule has 0 amide bonds. The standard InChI is InChI=1S/C17H24O7/c1-5-13(9-18)17(10-22-14(19)6-2,11-23-15(20)7-3)12-24-16(21)8-4/h6-8,13,18H,2-5,9-12H2,1H3. The van der Waals surface area contributed by atoms with Gasteiger partial charge in [-0.3, -0.25) is 0 Å². The molecule has 0 aliphatic heterocycles. The number of hydrogen-bond donors (Lipinski definition) is 1. The van der Waals surface area contributed by atoms with Crippen molar-refractivity contribution in [2.75, 3.05) is 26.4 Å². The lowest BCUT2D eigenvalue weighted by Crippen LogP contribution is -2.46. The summed E-state index contributed by atoms with van der Waals surface area (Å²) in [7, 11) is 0. The first-order chi connectivity index (χ1) is 11.4. The van der Waals surface area contributed by atoms with Gasteiger partial charge in [0.05, 0.1) is 5.41 Å². The largest absolute Gasteiger partial charge is 0.462 e. The molecule has 1 atom stereocenters. The highest BCUT2D eigenvalue weighted by molar-refractivity contribution is 5.82. The Labute approximate surface area is 141 Å². The van der Waals surface area contributed by atoms with Crippen LogP contribution in [0.3, 0.4) is 0 Å². The van der Waals surface area contributed by atoms with Gasteiger partial charge in [0.15, 0.2) is 0 Å². The Bertz CT molecular complexity index is 418. The Kier molecular flexibility index (Phi) is 10.1. The van der Waals surface area contributed by atoms with E-state index in [1.54, 1.807) is 6.92 Å². The van der Waals surface area contributed by atoms with Crippen molar-refractivity contribution in [3.05, 3.63) is 38.0 Å². The van der Waals surface area contributed by atoms with Crippen molar-refractivity contribution in [3.63, 3.8) is 0 Å². The van der Waals surface area contributed by atoms with E-state index in [1.807, 2.05) is 0 Å². The Morgan fingerprint density at radius 1 is 0.917 bits per heavy atom. The predicted octanol–water partition coefficient (Wildman–Crippen LogP) is 1.18. The van der Waals surface area contributed by atoms with Crippen LogP contribution in [0.2, 0.25) is 0 Å². The van der Waals surface area contributed by atoms with Crippen molar-refractivity contribution >= 4 is 17.9 Å². The Hall–Kier alpha value is -2.41. The highest BCUT2D eigenvalue weighted by atomic mass is 16.6. The van der Waals surface area contributed by atoms with Crippen LogP contribution in [0.15, 0.2) is 38.0 Å². The summed E-state index contributed by atoms with van der Waals surface area (Å²) in [6.07, 6.45) is 3.42. The fraction of sp³-hybridized carbons (Fsp3) is 0.471. The molecule has 7 heteroatoms. The normalized spacial score (nSPS) is 11.8. The van der Waals surface area contributed by atoms with Gasteiger partial charge in [-0.2, -0.15) is 0 Å². The Balaban J connectivity index is 5.49. The molecular formula is C17H24O7. The smallest absolute Gasteiger partial charge is 0.330 e. The van der Waals surface area contributed by atoms with E-state index in [9.17, 15) is 19.5 Å². The molecule has 0 aromatic rings. The molecule has 0 saturated carbocycles. The first-order valence-electron chi connectivity index (χ1n) is 7.37. The van der Waals surface area contributed by atoms with E-state index in [0.717, 1.165) is 18.2 Å². The maximum Gasteiger partial charge on any atom is 0.330 e. The molecule has 1 N–H and O–H groups in total. The molecule has 0 spiro atoms. The number of carbonyl (C=O) groups is 3.